The van der Waals surface area contributed by atoms with Crippen LogP contribution in [-0.4, -0.2) is 44.4 Å². The highest BCUT2D eigenvalue weighted by Crippen LogP contribution is 2.27. The van der Waals surface area contributed by atoms with Crippen LogP contribution in [0.5, 0.6) is 5.75 Å². The third-order valence-corrected chi connectivity index (χ3v) is 4.90. The summed E-state index contributed by atoms with van der Waals surface area (Å²) < 4.78 is 7.42. The van der Waals surface area contributed by atoms with Gasteiger partial charge in [-0.05, 0) is 51.2 Å². The molecule has 1 N–H and O–H groups in total. The molecule has 0 atom stereocenters. The first-order chi connectivity index (χ1) is 13.8. The Hall–Kier alpha value is -3.19. The van der Waals surface area contributed by atoms with Gasteiger partial charge in [-0.2, -0.15) is 5.10 Å². The van der Waals surface area contributed by atoms with E-state index >= 15 is 0 Å². The topological polar surface area (TPSA) is 80.5 Å². The van der Waals surface area contributed by atoms with Crippen LogP contribution >= 0.6 is 0 Å². The van der Waals surface area contributed by atoms with E-state index in [1.165, 1.54) is 5.56 Å². The third kappa shape index (κ3) is 5.00. The van der Waals surface area contributed by atoms with Crippen LogP contribution in [0.2, 0.25) is 0 Å². The monoisotopic (exact) mass is 394 g/mol. The van der Waals surface area contributed by atoms with E-state index in [1.807, 2.05) is 62.1 Å². The van der Waals surface area contributed by atoms with E-state index in [-0.39, 0.29) is 6.61 Å². The summed E-state index contributed by atoms with van der Waals surface area (Å²) in [5, 5.41) is 13.5. The number of carbonyl (C=O) groups is 1. The van der Waals surface area contributed by atoms with E-state index in [4.69, 9.17) is 9.84 Å². The number of nitrogens with zero attached hydrogens (tertiary/aromatic N) is 4. The van der Waals surface area contributed by atoms with Gasteiger partial charge in [-0.25, -0.2) is 4.79 Å². The predicted molar refractivity (Wildman–Crippen MR) is 111 cm³/mol. The van der Waals surface area contributed by atoms with Crippen molar-refractivity contribution in [1.82, 2.24) is 19.7 Å². The molecule has 0 spiro atoms. The van der Waals surface area contributed by atoms with E-state index in [2.05, 4.69) is 21.9 Å². The number of ether oxygens (including phenoxy) is 1. The van der Waals surface area contributed by atoms with Crippen molar-refractivity contribution in [3.63, 3.8) is 0 Å². The van der Waals surface area contributed by atoms with Crippen LogP contribution in [0, 0.1) is 13.8 Å². The summed E-state index contributed by atoms with van der Waals surface area (Å²) in [7, 11) is 3.97. The van der Waals surface area contributed by atoms with E-state index < -0.39 is 5.97 Å². The molecule has 0 aliphatic carbocycles. The number of benzene rings is 1. The van der Waals surface area contributed by atoms with E-state index in [1.54, 1.807) is 6.20 Å². The Kier molecular flexibility index (Phi) is 6.29. The Bertz CT molecular complexity index is 999. The zero-order chi connectivity index (χ0) is 21.0. The largest absolute Gasteiger partial charge is 0.482 e. The van der Waals surface area contributed by atoms with Gasteiger partial charge in [0.25, 0.3) is 0 Å². The minimum atomic E-state index is -1.00. The number of hydrogen-bond acceptors (Lipinski definition) is 5. The Morgan fingerprint density at radius 1 is 1.21 bits per heavy atom. The lowest BCUT2D eigenvalue weighted by Gasteiger charge is -2.20. The van der Waals surface area contributed by atoms with Crippen molar-refractivity contribution in [2.24, 2.45) is 7.05 Å². The number of pyridine rings is 1. The van der Waals surface area contributed by atoms with Crippen molar-refractivity contribution in [2.75, 3.05) is 13.7 Å². The van der Waals surface area contributed by atoms with E-state index in [9.17, 15) is 4.79 Å². The van der Waals surface area contributed by atoms with Crippen molar-refractivity contribution in [3.05, 3.63) is 65.1 Å². The van der Waals surface area contributed by atoms with Gasteiger partial charge in [0, 0.05) is 48.7 Å². The van der Waals surface area contributed by atoms with Gasteiger partial charge in [0.1, 0.15) is 5.75 Å². The molecule has 7 nitrogen and oxygen atoms in total. The van der Waals surface area contributed by atoms with Crippen LogP contribution < -0.4 is 4.74 Å². The lowest BCUT2D eigenvalue weighted by Crippen LogP contribution is -2.19. The number of aromatic nitrogens is 3. The molecule has 0 amide bonds. The van der Waals surface area contributed by atoms with E-state index in [0.717, 1.165) is 34.8 Å². The molecule has 29 heavy (non-hydrogen) atoms. The molecule has 0 unspecified atom stereocenters. The highest BCUT2D eigenvalue weighted by atomic mass is 16.5. The lowest BCUT2D eigenvalue weighted by molar-refractivity contribution is -0.139. The zero-order valence-electron chi connectivity index (χ0n) is 17.2. The fraction of sp³-hybridized carbons (Fsp3) is 0.318. The fourth-order valence-corrected chi connectivity index (χ4v) is 3.34. The summed E-state index contributed by atoms with van der Waals surface area (Å²) in [6.07, 6.45) is 1.75. The van der Waals surface area contributed by atoms with Crippen LogP contribution in [0.3, 0.4) is 0 Å². The highest BCUT2D eigenvalue weighted by Gasteiger charge is 2.15. The quantitative estimate of drug-likeness (QED) is 0.632. The average Bonchev–Trinajstić information content (AvgIpc) is 2.93. The van der Waals surface area contributed by atoms with Crippen LogP contribution in [0.15, 0.2) is 42.6 Å². The fourth-order valence-electron chi connectivity index (χ4n) is 3.34. The van der Waals surface area contributed by atoms with Crippen molar-refractivity contribution < 1.29 is 14.6 Å². The minimum Gasteiger partial charge on any atom is -0.482 e. The number of rotatable bonds is 8. The Morgan fingerprint density at radius 2 is 2.00 bits per heavy atom. The van der Waals surface area contributed by atoms with Crippen molar-refractivity contribution in [2.45, 2.75) is 26.9 Å². The third-order valence-electron chi connectivity index (χ3n) is 4.90. The van der Waals surface area contributed by atoms with Gasteiger partial charge in [0.2, 0.25) is 0 Å². The molecule has 0 aliphatic rings. The van der Waals surface area contributed by atoms with Crippen molar-refractivity contribution >= 4 is 5.97 Å². The molecule has 2 aromatic heterocycles. The Balaban J connectivity index is 1.86. The molecule has 0 saturated heterocycles. The van der Waals surface area contributed by atoms with Crippen LogP contribution in [0.25, 0.3) is 11.3 Å². The smallest absolute Gasteiger partial charge is 0.341 e. The number of carboxylic acid groups (broad SMARTS) is 1. The maximum absolute atomic E-state index is 11.0. The second-order valence-corrected chi connectivity index (χ2v) is 7.17. The van der Waals surface area contributed by atoms with Gasteiger partial charge >= 0.3 is 5.97 Å². The first-order valence-corrected chi connectivity index (χ1v) is 9.41. The SMILES string of the molecule is Cc1nn(C)c(C)c1CN(C)Cc1cc(-c2ccccn2)ccc1OCC(=O)O. The second kappa shape index (κ2) is 8.87. The van der Waals surface area contributed by atoms with Crippen molar-refractivity contribution in [3.8, 4) is 17.0 Å². The predicted octanol–water partition coefficient (Wildman–Crippen LogP) is 3.19. The molecule has 0 saturated carbocycles. The summed E-state index contributed by atoms with van der Waals surface area (Å²) in [5.41, 5.74) is 6.09. The minimum absolute atomic E-state index is 0.375. The normalized spacial score (nSPS) is 11.1. The van der Waals surface area contributed by atoms with Crippen LogP contribution in [0.4, 0.5) is 0 Å². The van der Waals surface area contributed by atoms with Crippen LogP contribution in [0.1, 0.15) is 22.5 Å². The first-order valence-electron chi connectivity index (χ1n) is 9.41. The molecule has 0 radical (unpaired) electrons. The molecular weight excluding hydrogens is 368 g/mol. The maximum Gasteiger partial charge on any atom is 0.341 e. The summed E-state index contributed by atoms with van der Waals surface area (Å²) in [6.45, 7) is 5.03. The molecule has 152 valence electrons. The molecular formula is C22H26N4O3. The molecule has 3 rings (SSSR count). The van der Waals surface area contributed by atoms with Crippen LogP contribution in [-0.2, 0) is 24.9 Å². The van der Waals surface area contributed by atoms with E-state index in [0.29, 0.717) is 12.3 Å². The number of aryl methyl sites for hydroxylation is 2. The van der Waals surface area contributed by atoms with Gasteiger partial charge in [-0.3, -0.25) is 14.6 Å². The number of aliphatic carboxylic acids is 1. The van der Waals surface area contributed by atoms with Gasteiger partial charge in [0.15, 0.2) is 6.61 Å². The molecule has 1 aromatic carbocycles. The van der Waals surface area contributed by atoms with Gasteiger partial charge in [-0.15, -0.1) is 0 Å². The lowest BCUT2D eigenvalue weighted by atomic mass is 10.1. The second-order valence-electron chi connectivity index (χ2n) is 7.17. The number of hydrogen-bond donors (Lipinski definition) is 1. The summed E-state index contributed by atoms with van der Waals surface area (Å²) in [5.74, 6) is -0.432. The van der Waals surface area contributed by atoms with Gasteiger partial charge < -0.3 is 9.84 Å². The Labute approximate surface area is 170 Å². The molecule has 0 aliphatic heterocycles. The highest BCUT2D eigenvalue weighted by molar-refractivity contribution is 5.69. The standard InChI is InChI=1S/C22H26N4O3/c1-15-19(16(2)26(4)24-15)13-25(3)12-18-11-17(20-7-5-6-10-23-20)8-9-21(18)29-14-22(27)28/h5-11H,12-14H2,1-4H3,(H,27,28). The van der Waals surface area contributed by atoms with Gasteiger partial charge in [0.05, 0.1) is 11.4 Å². The molecule has 0 fully saturated rings. The summed E-state index contributed by atoms with van der Waals surface area (Å²) in [4.78, 5) is 17.5. The van der Waals surface area contributed by atoms with Crippen molar-refractivity contribution in [1.29, 1.82) is 0 Å². The summed E-state index contributed by atoms with van der Waals surface area (Å²) >= 11 is 0. The zero-order valence-corrected chi connectivity index (χ0v) is 17.2. The first kappa shape index (κ1) is 20.5. The summed E-state index contributed by atoms with van der Waals surface area (Å²) in [6, 6.07) is 11.5. The molecule has 3 aromatic rings. The Morgan fingerprint density at radius 3 is 2.62 bits per heavy atom. The number of carboxylic acids is 1. The molecule has 2 heterocycles. The maximum atomic E-state index is 11.0. The van der Waals surface area contributed by atoms with Gasteiger partial charge in [-0.1, -0.05) is 6.07 Å². The average molecular weight is 394 g/mol. The molecule has 0 bridgehead atoms. The molecule has 7 heteroatoms.